The molecule has 1 amide bonds. The molecule has 0 atom stereocenters. The van der Waals surface area contributed by atoms with Gasteiger partial charge in [-0.15, -0.1) is 21.5 Å². The Bertz CT molecular complexity index is 889. The molecular formula is C17H19N5O2S2. The van der Waals surface area contributed by atoms with Crippen LogP contribution >= 0.6 is 23.1 Å². The minimum Gasteiger partial charge on any atom is -0.497 e. The van der Waals surface area contributed by atoms with Crippen LogP contribution in [0.5, 0.6) is 5.75 Å². The van der Waals surface area contributed by atoms with Crippen LogP contribution in [0.2, 0.25) is 0 Å². The maximum Gasteiger partial charge on any atom is 0.223 e. The van der Waals surface area contributed by atoms with Crippen LogP contribution in [0, 0.1) is 0 Å². The number of benzene rings is 1. The number of ether oxygens (including phenoxy) is 1. The first-order valence-electron chi connectivity index (χ1n) is 8.03. The molecule has 0 spiro atoms. The van der Waals surface area contributed by atoms with Crippen molar-refractivity contribution < 1.29 is 9.53 Å². The van der Waals surface area contributed by atoms with Gasteiger partial charge in [-0.1, -0.05) is 11.8 Å². The van der Waals surface area contributed by atoms with E-state index in [1.165, 1.54) is 18.3 Å². The van der Waals surface area contributed by atoms with Crippen molar-refractivity contribution in [2.75, 3.05) is 12.4 Å². The number of thiazole rings is 1. The van der Waals surface area contributed by atoms with Crippen LogP contribution in [0.25, 0.3) is 11.4 Å². The fraction of sp³-hybridized carbons (Fsp3) is 0.294. The summed E-state index contributed by atoms with van der Waals surface area (Å²) in [6.45, 7) is 4.31. The van der Waals surface area contributed by atoms with Crippen molar-refractivity contribution in [2.45, 2.75) is 31.3 Å². The zero-order valence-corrected chi connectivity index (χ0v) is 16.4. The standard InChI is InChI=1S/C17H19N5O2S2/c1-4-22-15(12-5-7-14(24-3)8-6-12)20-21-17(22)26-10-13-9-25-16(19-13)18-11(2)23/h5-9H,4,10H2,1-3H3,(H,18,19,23). The Kier molecular flexibility index (Phi) is 5.89. The van der Waals surface area contributed by atoms with Gasteiger partial charge in [0.2, 0.25) is 5.91 Å². The van der Waals surface area contributed by atoms with E-state index in [0.29, 0.717) is 10.9 Å². The molecule has 0 aliphatic carbocycles. The van der Waals surface area contributed by atoms with Gasteiger partial charge in [-0.3, -0.25) is 4.79 Å². The van der Waals surface area contributed by atoms with Crippen LogP contribution in [0.15, 0.2) is 34.8 Å². The molecule has 0 aliphatic heterocycles. The van der Waals surface area contributed by atoms with Crippen LogP contribution in [0.3, 0.4) is 0 Å². The molecule has 2 heterocycles. The Hall–Kier alpha value is -2.39. The van der Waals surface area contributed by atoms with Gasteiger partial charge in [0.05, 0.1) is 12.8 Å². The summed E-state index contributed by atoms with van der Waals surface area (Å²) in [5.74, 6) is 2.18. The Labute approximate surface area is 159 Å². The summed E-state index contributed by atoms with van der Waals surface area (Å²) in [5.41, 5.74) is 1.90. The number of amides is 1. The minimum absolute atomic E-state index is 0.117. The lowest BCUT2D eigenvalue weighted by molar-refractivity contribution is -0.114. The van der Waals surface area contributed by atoms with Crippen LogP contribution in [0.1, 0.15) is 19.5 Å². The van der Waals surface area contributed by atoms with E-state index in [-0.39, 0.29) is 5.91 Å². The minimum atomic E-state index is -0.117. The third-order valence-electron chi connectivity index (χ3n) is 3.57. The summed E-state index contributed by atoms with van der Waals surface area (Å²) in [7, 11) is 1.65. The SMILES string of the molecule is CCn1c(SCc2csc(NC(C)=O)n2)nnc1-c1ccc(OC)cc1. The molecule has 7 nitrogen and oxygen atoms in total. The van der Waals surface area contributed by atoms with Gasteiger partial charge in [-0.25, -0.2) is 4.98 Å². The summed E-state index contributed by atoms with van der Waals surface area (Å²) < 4.78 is 7.28. The van der Waals surface area contributed by atoms with Crippen LogP contribution in [-0.2, 0) is 17.1 Å². The molecule has 26 heavy (non-hydrogen) atoms. The average Bonchev–Trinajstić information content (AvgIpc) is 3.25. The Balaban J connectivity index is 1.73. The number of rotatable bonds is 7. The van der Waals surface area contributed by atoms with E-state index in [9.17, 15) is 4.79 Å². The molecule has 2 aromatic heterocycles. The number of methoxy groups -OCH3 is 1. The Morgan fingerprint density at radius 1 is 1.31 bits per heavy atom. The quantitative estimate of drug-likeness (QED) is 0.621. The first kappa shape index (κ1) is 18.4. The second kappa shape index (κ2) is 8.33. The van der Waals surface area contributed by atoms with Crippen molar-refractivity contribution in [2.24, 2.45) is 0 Å². The van der Waals surface area contributed by atoms with Crippen molar-refractivity contribution >= 4 is 34.1 Å². The van der Waals surface area contributed by atoms with E-state index in [0.717, 1.165) is 34.5 Å². The summed E-state index contributed by atoms with van der Waals surface area (Å²) >= 11 is 2.99. The van der Waals surface area contributed by atoms with E-state index in [2.05, 4.69) is 32.0 Å². The second-order valence-corrected chi connectivity index (χ2v) is 7.19. The molecule has 9 heteroatoms. The molecule has 0 aliphatic rings. The van der Waals surface area contributed by atoms with Crippen molar-refractivity contribution in [3.63, 3.8) is 0 Å². The molecule has 0 radical (unpaired) electrons. The topological polar surface area (TPSA) is 81.9 Å². The van der Waals surface area contributed by atoms with Crippen LogP contribution in [0.4, 0.5) is 5.13 Å². The number of thioether (sulfide) groups is 1. The van der Waals surface area contributed by atoms with Crippen LogP contribution < -0.4 is 10.1 Å². The summed E-state index contributed by atoms with van der Waals surface area (Å²) in [6.07, 6.45) is 0. The highest BCUT2D eigenvalue weighted by Crippen LogP contribution is 2.28. The number of hydrogen-bond acceptors (Lipinski definition) is 7. The van der Waals surface area contributed by atoms with E-state index in [1.807, 2.05) is 29.6 Å². The molecule has 1 aromatic carbocycles. The second-order valence-electron chi connectivity index (χ2n) is 5.39. The predicted octanol–water partition coefficient (Wildman–Crippen LogP) is 3.68. The van der Waals surface area contributed by atoms with E-state index >= 15 is 0 Å². The lowest BCUT2D eigenvalue weighted by Gasteiger charge is -2.07. The van der Waals surface area contributed by atoms with Gasteiger partial charge in [-0.05, 0) is 31.2 Å². The summed E-state index contributed by atoms with van der Waals surface area (Å²) in [5, 5.41) is 14.8. The monoisotopic (exact) mass is 389 g/mol. The molecule has 0 saturated heterocycles. The average molecular weight is 390 g/mol. The molecule has 0 bridgehead atoms. The highest BCUT2D eigenvalue weighted by Gasteiger charge is 2.14. The van der Waals surface area contributed by atoms with E-state index in [1.54, 1.807) is 18.9 Å². The van der Waals surface area contributed by atoms with Crippen LogP contribution in [-0.4, -0.2) is 32.8 Å². The third kappa shape index (κ3) is 4.23. The lowest BCUT2D eigenvalue weighted by atomic mass is 10.2. The molecule has 1 N–H and O–H groups in total. The first-order chi connectivity index (χ1) is 12.6. The summed E-state index contributed by atoms with van der Waals surface area (Å²) in [6, 6.07) is 7.78. The number of carbonyl (C=O) groups is 1. The number of hydrogen-bond donors (Lipinski definition) is 1. The van der Waals surface area contributed by atoms with Gasteiger partial charge in [0, 0.05) is 30.2 Å². The van der Waals surface area contributed by atoms with E-state index in [4.69, 9.17) is 4.74 Å². The first-order valence-corrected chi connectivity index (χ1v) is 9.89. The number of nitrogens with zero attached hydrogens (tertiary/aromatic N) is 4. The van der Waals surface area contributed by atoms with E-state index < -0.39 is 0 Å². The largest absolute Gasteiger partial charge is 0.497 e. The van der Waals surface area contributed by atoms with Crippen molar-refractivity contribution in [3.05, 3.63) is 35.3 Å². The maximum atomic E-state index is 11.1. The Morgan fingerprint density at radius 3 is 2.73 bits per heavy atom. The number of carbonyl (C=O) groups excluding carboxylic acids is 1. The van der Waals surface area contributed by atoms with Gasteiger partial charge in [0.15, 0.2) is 16.1 Å². The third-order valence-corrected chi connectivity index (χ3v) is 5.37. The fourth-order valence-corrected chi connectivity index (χ4v) is 4.11. The van der Waals surface area contributed by atoms with Gasteiger partial charge >= 0.3 is 0 Å². The molecule has 3 rings (SSSR count). The van der Waals surface area contributed by atoms with Gasteiger partial charge in [-0.2, -0.15) is 0 Å². The highest BCUT2D eigenvalue weighted by atomic mass is 32.2. The molecular weight excluding hydrogens is 370 g/mol. The number of anilines is 1. The van der Waals surface area contributed by atoms with Gasteiger partial charge in [0.25, 0.3) is 0 Å². The zero-order valence-electron chi connectivity index (χ0n) is 14.7. The number of aromatic nitrogens is 4. The summed E-state index contributed by atoms with van der Waals surface area (Å²) in [4.78, 5) is 15.5. The van der Waals surface area contributed by atoms with Gasteiger partial charge in [0.1, 0.15) is 5.75 Å². The molecule has 0 unspecified atom stereocenters. The smallest absolute Gasteiger partial charge is 0.223 e. The number of nitrogens with one attached hydrogen (secondary N) is 1. The molecule has 0 fully saturated rings. The van der Waals surface area contributed by atoms with Crippen molar-refractivity contribution in [1.82, 2.24) is 19.7 Å². The van der Waals surface area contributed by atoms with Gasteiger partial charge < -0.3 is 14.6 Å². The highest BCUT2D eigenvalue weighted by molar-refractivity contribution is 7.98. The fourth-order valence-electron chi connectivity index (χ4n) is 2.35. The zero-order chi connectivity index (χ0) is 18.5. The predicted molar refractivity (Wildman–Crippen MR) is 104 cm³/mol. The van der Waals surface area contributed by atoms with Crippen molar-refractivity contribution in [1.29, 1.82) is 0 Å². The van der Waals surface area contributed by atoms with Crippen molar-refractivity contribution in [3.8, 4) is 17.1 Å². The molecule has 136 valence electrons. The molecule has 3 aromatic rings. The maximum absolute atomic E-state index is 11.1. The molecule has 0 saturated carbocycles. The Morgan fingerprint density at radius 2 is 2.08 bits per heavy atom. The normalized spacial score (nSPS) is 10.7. The lowest BCUT2D eigenvalue weighted by Crippen LogP contribution is -2.05.